The van der Waals surface area contributed by atoms with Gasteiger partial charge in [0.15, 0.2) is 0 Å². The van der Waals surface area contributed by atoms with E-state index in [4.69, 9.17) is 50.1 Å². The summed E-state index contributed by atoms with van der Waals surface area (Å²) >= 11 is 0. The summed E-state index contributed by atoms with van der Waals surface area (Å²) in [5.74, 6) is -7.41. The van der Waals surface area contributed by atoms with Crippen molar-refractivity contribution in [3.05, 3.63) is 0 Å². The number of aliphatic carboxylic acids is 7. The molecule has 0 radical (unpaired) electrons. The van der Waals surface area contributed by atoms with Crippen molar-refractivity contribution in [1.82, 2.24) is 9.80 Å². The Hall–Kier alpha value is -3.79. The molecule has 16 nitrogen and oxygen atoms in total. The van der Waals surface area contributed by atoms with Gasteiger partial charge in [-0.1, -0.05) is 0 Å². The highest BCUT2D eigenvalue weighted by Crippen LogP contribution is 1.94. The van der Waals surface area contributed by atoms with E-state index in [1.165, 1.54) is 0 Å². The van der Waals surface area contributed by atoms with Crippen LogP contribution >= 0.6 is 0 Å². The van der Waals surface area contributed by atoms with Crippen molar-refractivity contribution in [1.29, 1.82) is 0 Å². The van der Waals surface area contributed by atoms with Crippen LogP contribution < -0.4 is 0 Å². The summed E-state index contributed by atoms with van der Waals surface area (Å²) in [6, 6.07) is 0. The van der Waals surface area contributed by atoms with Crippen LogP contribution in [0.1, 0.15) is 20.8 Å². The number of nitrogens with zero attached hydrogens (tertiary/aromatic N) is 2. The average Bonchev–Trinajstić information content (AvgIpc) is 2.48. The third-order valence-electron chi connectivity index (χ3n) is 2.17. The molecule has 0 aromatic rings. The van der Waals surface area contributed by atoms with E-state index >= 15 is 0 Å². The van der Waals surface area contributed by atoms with Crippen molar-refractivity contribution in [3.63, 3.8) is 0 Å². The van der Waals surface area contributed by atoms with Gasteiger partial charge in [-0.15, -0.1) is 0 Å². The second kappa shape index (κ2) is 21.9. The molecule has 0 aromatic heterocycles. The third-order valence-corrected chi connectivity index (χ3v) is 2.17. The largest absolute Gasteiger partial charge is 0.481 e. The van der Waals surface area contributed by atoms with Gasteiger partial charge in [-0.2, -0.15) is 0 Å². The van der Waals surface area contributed by atoms with Crippen LogP contribution in [-0.2, 0) is 33.6 Å². The maximum Gasteiger partial charge on any atom is 0.317 e. The molecule has 0 fully saturated rings. The minimum atomic E-state index is -1.23. The van der Waals surface area contributed by atoms with Gasteiger partial charge in [-0.05, 0) is 0 Å². The minimum Gasteiger partial charge on any atom is -0.481 e. The zero-order chi connectivity index (χ0) is 26.4. The van der Waals surface area contributed by atoms with Gasteiger partial charge in [0.1, 0.15) is 0 Å². The smallest absolute Gasteiger partial charge is 0.317 e. The van der Waals surface area contributed by atoms with Crippen molar-refractivity contribution in [2.24, 2.45) is 0 Å². The van der Waals surface area contributed by atoms with E-state index in [-0.39, 0.29) is 13.1 Å². The molecule has 7 N–H and O–H groups in total. The van der Waals surface area contributed by atoms with E-state index in [1.54, 1.807) is 0 Å². The highest BCUT2D eigenvalue weighted by atomic mass is 16.4. The van der Waals surface area contributed by atoms with Gasteiger partial charge in [-0.3, -0.25) is 43.4 Å². The van der Waals surface area contributed by atoms with Crippen LogP contribution in [0.5, 0.6) is 0 Å². The van der Waals surface area contributed by atoms with E-state index in [0.29, 0.717) is 0 Å². The van der Waals surface area contributed by atoms with E-state index < -0.39 is 68.0 Å². The molecule has 0 aliphatic carbocycles. The van der Waals surface area contributed by atoms with Gasteiger partial charge in [0, 0.05) is 33.9 Å². The summed E-state index contributed by atoms with van der Waals surface area (Å²) in [6.45, 7) is 0.999. The lowest BCUT2D eigenvalue weighted by molar-refractivity contribution is -0.145. The molecular formula is C16H28N2O14. The summed E-state index contributed by atoms with van der Waals surface area (Å²) in [7, 11) is 0. The molecule has 0 saturated heterocycles. The van der Waals surface area contributed by atoms with Crippen LogP contribution in [0.15, 0.2) is 0 Å². The molecule has 0 aliphatic rings. The molecule has 0 rings (SSSR count). The molecular weight excluding hydrogens is 444 g/mol. The van der Waals surface area contributed by atoms with E-state index in [2.05, 4.69) is 0 Å². The molecule has 0 bridgehead atoms. The summed E-state index contributed by atoms with van der Waals surface area (Å²) in [5.41, 5.74) is 0. The molecule has 0 unspecified atom stereocenters. The molecule has 0 saturated carbocycles. The van der Waals surface area contributed by atoms with Crippen LogP contribution in [0.3, 0.4) is 0 Å². The van der Waals surface area contributed by atoms with Crippen LogP contribution in [-0.4, -0.2) is 127 Å². The summed E-state index contributed by atoms with van der Waals surface area (Å²) < 4.78 is 0. The fraction of sp³-hybridized carbons (Fsp3) is 0.562. The first-order chi connectivity index (χ1) is 14.4. The van der Waals surface area contributed by atoms with Gasteiger partial charge in [-0.25, -0.2) is 0 Å². The van der Waals surface area contributed by atoms with Crippen LogP contribution in [0.4, 0.5) is 0 Å². The quantitative estimate of drug-likeness (QED) is 0.175. The summed E-state index contributed by atoms with van der Waals surface area (Å²) in [4.78, 5) is 71.4. The van der Waals surface area contributed by atoms with Crippen molar-refractivity contribution < 1.29 is 69.3 Å². The molecule has 0 spiro atoms. The fourth-order valence-corrected chi connectivity index (χ4v) is 1.48. The van der Waals surface area contributed by atoms with Gasteiger partial charge >= 0.3 is 23.9 Å². The summed E-state index contributed by atoms with van der Waals surface area (Å²) in [5, 5.41) is 56.7. The SMILES string of the molecule is CC(=O)O.CC(=O)O.CC(=O)O.O=C(O)CN(CCN(CC(=O)O)CC(=O)O)CC(=O)O. The zero-order valence-electron chi connectivity index (χ0n) is 17.6. The third kappa shape index (κ3) is 56.2. The normalized spacial score (nSPS) is 9.03. The fourth-order valence-electron chi connectivity index (χ4n) is 1.48. The number of carbonyl (C=O) groups is 7. The van der Waals surface area contributed by atoms with E-state index in [9.17, 15) is 19.2 Å². The summed E-state index contributed by atoms with van der Waals surface area (Å²) in [6.07, 6.45) is 0. The molecule has 0 heterocycles. The number of carboxylic acid groups (broad SMARTS) is 7. The maximum absolute atomic E-state index is 10.6. The Balaban J connectivity index is -0.000000267. The highest BCUT2D eigenvalue weighted by molar-refractivity contribution is 5.73. The number of rotatable bonds is 11. The lowest BCUT2D eigenvalue weighted by Crippen LogP contribution is -2.43. The molecule has 0 atom stereocenters. The second-order valence-corrected chi connectivity index (χ2v) is 5.55. The Morgan fingerprint density at radius 2 is 0.562 bits per heavy atom. The topological polar surface area (TPSA) is 268 Å². The van der Waals surface area contributed by atoms with Crippen molar-refractivity contribution in [3.8, 4) is 0 Å². The molecule has 186 valence electrons. The van der Waals surface area contributed by atoms with Crippen LogP contribution in [0.2, 0.25) is 0 Å². The Morgan fingerprint density at radius 1 is 0.438 bits per heavy atom. The van der Waals surface area contributed by atoms with Crippen LogP contribution in [0.25, 0.3) is 0 Å². The van der Waals surface area contributed by atoms with Gasteiger partial charge in [0.05, 0.1) is 26.2 Å². The average molecular weight is 472 g/mol. The molecule has 16 heteroatoms. The van der Waals surface area contributed by atoms with Crippen molar-refractivity contribution >= 4 is 41.8 Å². The number of hydrogen-bond donors (Lipinski definition) is 7. The molecule has 0 aliphatic heterocycles. The van der Waals surface area contributed by atoms with Gasteiger partial charge in [0.25, 0.3) is 17.9 Å². The molecule has 0 amide bonds. The van der Waals surface area contributed by atoms with Crippen LogP contribution in [0, 0.1) is 0 Å². The van der Waals surface area contributed by atoms with Gasteiger partial charge in [0.2, 0.25) is 0 Å². The Labute approximate surface area is 181 Å². The lowest BCUT2D eigenvalue weighted by Gasteiger charge is -2.23. The number of carboxylic acids is 7. The van der Waals surface area contributed by atoms with Crippen molar-refractivity contribution in [2.75, 3.05) is 39.3 Å². The maximum atomic E-state index is 10.6. The number of hydrogen-bond acceptors (Lipinski definition) is 9. The standard InChI is InChI=1S/C10H16N2O8.3C2H4O2/c13-7(14)3-11(4-8(15)16)1-2-12(5-9(17)18)6-10(19)20;3*1-2(3)4/h1-6H2,(H,13,14)(H,15,16)(H,17,18)(H,19,20);3*1H3,(H,3,4). The predicted octanol–water partition coefficient (Wildman–Crippen LogP) is -1.80. The van der Waals surface area contributed by atoms with E-state index in [0.717, 1.165) is 30.6 Å². The zero-order valence-corrected chi connectivity index (χ0v) is 17.6. The monoisotopic (exact) mass is 472 g/mol. The minimum absolute atomic E-state index is 0.0703. The first-order valence-electron chi connectivity index (χ1n) is 8.31. The predicted molar refractivity (Wildman–Crippen MR) is 103 cm³/mol. The Morgan fingerprint density at radius 3 is 0.656 bits per heavy atom. The molecule has 0 aromatic carbocycles. The Bertz CT molecular complexity index is 526. The first-order valence-corrected chi connectivity index (χ1v) is 8.31. The van der Waals surface area contributed by atoms with Gasteiger partial charge < -0.3 is 35.7 Å². The second-order valence-electron chi connectivity index (χ2n) is 5.55. The Kier molecular flexibility index (Phi) is 24.4. The lowest BCUT2D eigenvalue weighted by atomic mass is 10.4. The van der Waals surface area contributed by atoms with Crippen molar-refractivity contribution in [2.45, 2.75) is 20.8 Å². The first kappa shape index (κ1) is 35.6. The highest BCUT2D eigenvalue weighted by Gasteiger charge is 2.17. The van der Waals surface area contributed by atoms with E-state index in [1.807, 2.05) is 0 Å². The molecule has 32 heavy (non-hydrogen) atoms.